The number of hydrogen-bond acceptors (Lipinski definition) is 5. The number of rotatable bonds is 8. The summed E-state index contributed by atoms with van der Waals surface area (Å²) in [7, 11) is -1.66. The van der Waals surface area contributed by atoms with E-state index >= 15 is 0 Å². The lowest BCUT2D eigenvalue weighted by atomic mass is 9.76. The predicted octanol–water partition coefficient (Wildman–Crippen LogP) is 1.91. The van der Waals surface area contributed by atoms with Crippen LogP contribution in [0.5, 0.6) is 0 Å². The Morgan fingerprint density at radius 3 is 2.76 bits per heavy atom. The average molecular weight is 361 g/mol. The number of ketones is 1. The molecule has 1 heterocycles. The summed E-state index contributed by atoms with van der Waals surface area (Å²) in [5, 5.41) is 25.5. The molecule has 3 atom stereocenters. The SMILES string of the molecule is CC1C=CC(C(=O)CC(C)C(=O)NC(Cc2ccsc2)B(O)O)=CC1. The van der Waals surface area contributed by atoms with Crippen LogP contribution < -0.4 is 5.32 Å². The molecule has 0 spiro atoms. The highest BCUT2D eigenvalue weighted by molar-refractivity contribution is 7.07. The van der Waals surface area contributed by atoms with E-state index in [1.807, 2.05) is 35.1 Å². The Bertz CT molecular complexity index is 654. The van der Waals surface area contributed by atoms with Gasteiger partial charge in [0.1, 0.15) is 0 Å². The van der Waals surface area contributed by atoms with E-state index in [1.54, 1.807) is 6.92 Å². The van der Waals surface area contributed by atoms with Crippen LogP contribution in [-0.4, -0.2) is 34.8 Å². The van der Waals surface area contributed by atoms with Gasteiger partial charge in [-0.3, -0.25) is 9.59 Å². The maximum atomic E-state index is 12.3. The third kappa shape index (κ3) is 5.95. The maximum Gasteiger partial charge on any atom is 0.475 e. The lowest BCUT2D eigenvalue weighted by Crippen LogP contribution is -2.49. The molecule has 7 heteroatoms. The van der Waals surface area contributed by atoms with Gasteiger partial charge in [0, 0.05) is 17.9 Å². The smallest absolute Gasteiger partial charge is 0.426 e. The molecule has 0 saturated carbocycles. The van der Waals surface area contributed by atoms with Gasteiger partial charge in [0.05, 0.1) is 5.94 Å². The first-order chi connectivity index (χ1) is 11.9. The van der Waals surface area contributed by atoms with Gasteiger partial charge in [-0.15, -0.1) is 0 Å². The molecule has 1 aliphatic rings. The third-order valence-electron chi connectivity index (χ3n) is 4.30. The molecular formula is C18H24BNO4S. The number of Topliss-reactive ketones (excluding diaryl/α,β-unsaturated/α-hetero) is 1. The van der Waals surface area contributed by atoms with Crippen molar-refractivity contribution >= 4 is 30.1 Å². The van der Waals surface area contributed by atoms with Crippen LogP contribution in [0.3, 0.4) is 0 Å². The van der Waals surface area contributed by atoms with E-state index in [9.17, 15) is 19.6 Å². The molecular weight excluding hydrogens is 337 g/mol. The first-order valence-corrected chi connectivity index (χ1v) is 9.40. The van der Waals surface area contributed by atoms with E-state index in [1.165, 1.54) is 11.3 Å². The minimum atomic E-state index is -1.66. The molecule has 3 N–H and O–H groups in total. The number of thiophene rings is 1. The molecule has 3 unspecified atom stereocenters. The summed E-state index contributed by atoms with van der Waals surface area (Å²) in [6.07, 6.45) is 6.99. The zero-order chi connectivity index (χ0) is 18.4. The van der Waals surface area contributed by atoms with Crippen molar-refractivity contribution in [2.75, 3.05) is 0 Å². The van der Waals surface area contributed by atoms with Crippen molar-refractivity contribution in [1.29, 1.82) is 0 Å². The zero-order valence-corrected chi connectivity index (χ0v) is 15.3. The molecule has 5 nitrogen and oxygen atoms in total. The van der Waals surface area contributed by atoms with E-state index in [2.05, 4.69) is 12.2 Å². The molecule has 1 amide bonds. The molecule has 1 aliphatic carbocycles. The number of amides is 1. The Labute approximate surface area is 152 Å². The Morgan fingerprint density at radius 1 is 1.44 bits per heavy atom. The van der Waals surface area contributed by atoms with Crippen LogP contribution in [0.4, 0.5) is 0 Å². The number of nitrogens with one attached hydrogen (secondary N) is 1. The van der Waals surface area contributed by atoms with Gasteiger partial charge in [-0.05, 0) is 41.1 Å². The third-order valence-corrected chi connectivity index (χ3v) is 5.03. The van der Waals surface area contributed by atoms with Gasteiger partial charge in [-0.1, -0.05) is 32.1 Å². The second-order valence-electron chi connectivity index (χ2n) is 6.62. The van der Waals surface area contributed by atoms with E-state index in [-0.39, 0.29) is 18.1 Å². The minimum absolute atomic E-state index is 0.0651. The fourth-order valence-corrected chi connectivity index (χ4v) is 3.32. The molecule has 0 saturated heterocycles. The van der Waals surface area contributed by atoms with Crippen LogP contribution in [0.25, 0.3) is 0 Å². The van der Waals surface area contributed by atoms with Gasteiger partial charge in [0.25, 0.3) is 0 Å². The second-order valence-corrected chi connectivity index (χ2v) is 7.40. The molecule has 0 aliphatic heterocycles. The van der Waals surface area contributed by atoms with Gasteiger partial charge in [0.15, 0.2) is 5.78 Å². The van der Waals surface area contributed by atoms with Crippen LogP contribution in [0, 0.1) is 11.8 Å². The first-order valence-electron chi connectivity index (χ1n) is 8.46. The lowest BCUT2D eigenvalue weighted by molar-refractivity contribution is -0.128. The molecule has 1 aromatic heterocycles. The number of carbonyl (C=O) groups is 2. The molecule has 134 valence electrons. The monoisotopic (exact) mass is 361 g/mol. The van der Waals surface area contributed by atoms with Crippen molar-refractivity contribution in [2.24, 2.45) is 11.8 Å². The van der Waals surface area contributed by atoms with Gasteiger partial charge in [0.2, 0.25) is 5.91 Å². The van der Waals surface area contributed by atoms with Crippen molar-refractivity contribution in [2.45, 2.75) is 39.1 Å². The van der Waals surface area contributed by atoms with Crippen molar-refractivity contribution in [3.8, 4) is 0 Å². The van der Waals surface area contributed by atoms with Crippen molar-refractivity contribution in [1.82, 2.24) is 5.32 Å². The summed E-state index contributed by atoms with van der Waals surface area (Å²) in [6, 6.07) is 1.88. The van der Waals surface area contributed by atoms with Crippen LogP contribution >= 0.6 is 11.3 Å². The minimum Gasteiger partial charge on any atom is -0.426 e. The van der Waals surface area contributed by atoms with Crippen molar-refractivity contribution < 1.29 is 19.6 Å². The summed E-state index contributed by atoms with van der Waals surface area (Å²) in [5.41, 5.74) is 1.58. The summed E-state index contributed by atoms with van der Waals surface area (Å²) in [6.45, 7) is 3.76. The Morgan fingerprint density at radius 2 is 2.20 bits per heavy atom. The normalized spacial score (nSPS) is 19.0. The molecule has 0 aromatic carbocycles. The Balaban J connectivity index is 1.89. The summed E-state index contributed by atoms with van der Waals surface area (Å²) >= 11 is 1.51. The highest BCUT2D eigenvalue weighted by Gasteiger charge is 2.28. The van der Waals surface area contributed by atoms with Gasteiger partial charge in [-0.2, -0.15) is 11.3 Å². The largest absolute Gasteiger partial charge is 0.475 e. The predicted molar refractivity (Wildman–Crippen MR) is 99.9 cm³/mol. The van der Waals surface area contributed by atoms with Crippen molar-refractivity contribution in [3.05, 3.63) is 46.2 Å². The highest BCUT2D eigenvalue weighted by Crippen LogP contribution is 2.19. The maximum absolute atomic E-state index is 12.3. The van der Waals surface area contributed by atoms with Crippen LogP contribution in [0.1, 0.15) is 32.3 Å². The molecule has 25 heavy (non-hydrogen) atoms. The topological polar surface area (TPSA) is 86.6 Å². The van der Waals surface area contributed by atoms with Gasteiger partial charge in [-0.25, -0.2) is 0 Å². The van der Waals surface area contributed by atoms with Crippen LogP contribution in [0.2, 0.25) is 0 Å². The number of carbonyl (C=O) groups excluding carboxylic acids is 2. The molecule has 0 fully saturated rings. The van der Waals surface area contributed by atoms with E-state index in [4.69, 9.17) is 0 Å². The molecule has 2 rings (SSSR count). The quantitative estimate of drug-likeness (QED) is 0.618. The summed E-state index contributed by atoms with van der Waals surface area (Å²) in [4.78, 5) is 24.6. The molecule has 1 aromatic rings. The fourth-order valence-electron chi connectivity index (χ4n) is 2.64. The van der Waals surface area contributed by atoms with Crippen LogP contribution in [-0.2, 0) is 16.0 Å². The number of allylic oxidation sites excluding steroid dienone is 4. The lowest BCUT2D eigenvalue weighted by Gasteiger charge is -2.20. The van der Waals surface area contributed by atoms with Crippen LogP contribution in [0.15, 0.2) is 40.6 Å². The number of hydrogen-bond donors (Lipinski definition) is 3. The van der Waals surface area contributed by atoms with E-state index < -0.39 is 19.0 Å². The summed E-state index contributed by atoms with van der Waals surface area (Å²) < 4.78 is 0. The van der Waals surface area contributed by atoms with Gasteiger partial charge >= 0.3 is 7.12 Å². The molecule has 0 radical (unpaired) electrons. The zero-order valence-electron chi connectivity index (χ0n) is 14.5. The fraction of sp³-hybridized carbons (Fsp3) is 0.444. The highest BCUT2D eigenvalue weighted by atomic mass is 32.1. The Hall–Kier alpha value is -1.70. The van der Waals surface area contributed by atoms with E-state index in [0.717, 1.165) is 12.0 Å². The first kappa shape index (κ1) is 19.6. The molecule has 0 bridgehead atoms. The summed E-state index contributed by atoms with van der Waals surface area (Å²) in [5.74, 6) is -1.32. The van der Waals surface area contributed by atoms with E-state index in [0.29, 0.717) is 17.9 Å². The Kier molecular flexibility index (Phi) is 7.17. The van der Waals surface area contributed by atoms with Gasteiger partial charge < -0.3 is 15.4 Å². The van der Waals surface area contributed by atoms with Crippen molar-refractivity contribution in [3.63, 3.8) is 0 Å². The standard InChI is InChI=1S/C18H24BNO4S/c1-12-3-5-15(6-4-12)16(21)9-13(2)18(22)20-17(19(23)24)10-14-7-8-25-11-14/h3,5-8,11-13,17,23-24H,4,9-10H2,1-2H3,(H,20,22). The average Bonchev–Trinajstić information content (AvgIpc) is 3.07. The second kappa shape index (κ2) is 9.13.